The van der Waals surface area contributed by atoms with Crippen LogP contribution in [0.2, 0.25) is 0 Å². The Morgan fingerprint density at radius 2 is 1.36 bits per heavy atom. The first-order valence-electron chi connectivity index (χ1n) is 4.28. The molecular formula is C8H19NS2. The van der Waals surface area contributed by atoms with E-state index in [0.29, 0.717) is 0 Å². The molecule has 0 aromatic heterocycles. The second-order valence-electron chi connectivity index (χ2n) is 2.14. The number of rotatable bonds is 8. The fourth-order valence-electron chi connectivity index (χ4n) is 0.702. The van der Waals surface area contributed by atoms with Gasteiger partial charge in [-0.1, -0.05) is 13.8 Å². The van der Waals surface area contributed by atoms with E-state index in [1.54, 1.807) is 0 Å². The van der Waals surface area contributed by atoms with E-state index >= 15 is 0 Å². The molecule has 0 atom stereocenters. The van der Waals surface area contributed by atoms with E-state index in [4.69, 9.17) is 0 Å². The zero-order valence-corrected chi connectivity index (χ0v) is 9.19. The Bertz CT molecular complexity index is 61.1. The van der Waals surface area contributed by atoms with Crippen LogP contribution in [0.4, 0.5) is 0 Å². The van der Waals surface area contributed by atoms with Gasteiger partial charge in [0.1, 0.15) is 0 Å². The van der Waals surface area contributed by atoms with Crippen LogP contribution in [0.25, 0.3) is 0 Å². The highest BCUT2D eigenvalue weighted by Gasteiger charge is 1.87. The van der Waals surface area contributed by atoms with Crippen LogP contribution < -0.4 is 5.32 Å². The Morgan fingerprint density at radius 3 is 1.73 bits per heavy atom. The Kier molecular flexibility index (Phi) is 11.3. The molecule has 0 aromatic carbocycles. The lowest BCUT2D eigenvalue weighted by Crippen LogP contribution is -2.20. The Morgan fingerprint density at radius 1 is 0.909 bits per heavy atom. The average Bonchev–Trinajstić information content (AvgIpc) is 2.03. The van der Waals surface area contributed by atoms with Crippen molar-refractivity contribution >= 4 is 23.5 Å². The molecule has 0 saturated carbocycles. The van der Waals surface area contributed by atoms with Gasteiger partial charge in [-0.15, -0.1) is 0 Å². The van der Waals surface area contributed by atoms with Crippen LogP contribution in [0.5, 0.6) is 0 Å². The summed E-state index contributed by atoms with van der Waals surface area (Å²) in [5.74, 6) is 5.00. The van der Waals surface area contributed by atoms with Gasteiger partial charge in [-0.2, -0.15) is 23.5 Å². The van der Waals surface area contributed by atoms with Crippen LogP contribution in [-0.4, -0.2) is 36.1 Å². The summed E-state index contributed by atoms with van der Waals surface area (Å²) >= 11 is 4.01. The molecule has 11 heavy (non-hydrogen) atoms. The van der Waals surface area contributed by atoms with Crippen molar-refractivity contribution in [3.8, 4) is 0 Å². The molecule has 0 unspecified atom stereocenters. The summed E-state index contributed by atoms with van der Waals surface area (Å²) in [6, 6.07) is 0. The van der Waals surface area contributed by atoms with Crippen molar-refractivity contribution in [1.29, 1.82) is 0 Å². The highest BCUT2D eigenvalue weighted by Crippen LogP contribution is 1.96. The van der Waals surface area contributed by atoms with Crippen molar-refractivity contribution in [2.24, 2.45) is 0 Å². The highest BCUT2D eigenvalue weighted by molar-refractivity contribution is 7.99. The van der Waals surface area contributed by atoms with Gasteiger partial charge in [0.25, 0.3) is 0 Å². The van der Waals surface area contributed by atoms with Crippen LogP contribution >= 0.6 is 23.5 Å². The van der Waals surface area contributed by atoms with E-state index in [2.05, 4.69) is 19.2 Å². The second kappa shape index (κ2) is 10.7. The van der Waals surface area contributed by atoms with Gasteiger partial charge in [0.15, 0.2) is 0 Å². The van der Waals surface area contributed by atoms with Crippen LogP contribution in [0.3, 0.4) is 0 Å². The van der Waals surface area contributed by atoms with Gasteiger partial charge in [0.05, 0.1) is 0 Å². The predicted octanol–water partition coefficient (Wildman–Crippen LogP) is 2.08. The van der Waals surface area contributed by atoms with Crippen molar-refractivity contribution in [3.05, 3.63) is 0 Å². The molecule has 0 aromatic rings. The third kappa shape index (κ3) is 10.7. The van der Waals surface area contributed by atoms with Gasteiger partial charge >= 0.3 is 0 Å². The molecule has 0 heterocycles. The van der Waals surface area contributed by atoms with Gasteiger partial charge in [-0.25, -0.2) is 0 Å². The monoisotopic (exact) mass is 193 g/mol. The molecule has 0 fully saturated rings. The normalized spacial score (nSPS) is 10.4. The highest BCUT2D eigenvalue weighted by atomic mass is 32.2. The fourth-order valence-corrected chi connectivity index (χ4v) is 1.86. The predicted molar refractivity (Wildman–Crippen MR) is 58.9 cm³/mol. The molecule has 0 amide bonds. The molecule has 1 N–H and O–H groups in total. The standard InChI is InChI=1S/C8H19NS2/c1-3-10-7-5-9-6-8-11-4-2/h9H,3-8H2,1-2H3. The average molecular weight is 193 g/mol. The fraction of sp³-hybridized carbons (Fsp3) is 1.00. The third-order valence-corrected chi connectivity index (χ3v) is 3.06. The molecule has 0 saturated heterocycles. The van der Waals surface area contributed by atoms with Crippen LogP contribution in [-0.2, 0) is 0 Å². The Balaban J connectivity index is 2.69. The smallest absolute Gasteiger partial charge is 0.00580 e. The van der Waals surface area contributed by atoms with Gasteiger partial charge in [0, 0.05) is 24.6 Å². The molecule has 0 bridgehead atoms. The summed E-state index contributed by atoms with van der Waals surface area (Å²) in [6.45, 7) is 6.75. The van der Waals surface area contributed by atoms with Gasteiger partial charge in [-0.05, 0) is 11.5 Å². The minimum Gasteiger partial charge on any atom is -0.315 e. The maximum absolute atomic E-state index is 3.41. The van der Waals surface area contributed by atoms with Crippen LogP contribution in [0.1, 0.15) is 13.8 Å². The SMILES string of the molecule is CCSCCNCCSCC. The Labute approximate surface area is 79.1 Å². The zero-order valence-electron chi connectivity index (χ0n) is 7.56. The summed E-state index contributed by atoms with van der Waals surface area (Å²) in [4.78, 5) is 0. The molecule has 68 valence electrons. The molecule has 0 spiro atoms. The maximum atomic E-state index is 3.41. The topological polar surface area (TPSA) is 12.0 Å². The summed E-state index contributed by atoms with van der Waals surface area (Å²) < 4.78 is 0. The molecule has 0 aliphatic carbocycles. The van der Waals surface area contributed by atoms with E-state index in [-0.39, 0.29) is 0 Å². The summed E-state index contributed by atoms with van der Waals surface area (Å²) in [5.41, 5.74) is 0. The number of hydrogen-bond donors (Lipinski definition) is 1. The molecule has 0 rings (SSSR count). The van der Waals surface area contributed by atoms with Gasteiger partial charge < -0.3 is 5.32 Å². The summed E-state index contributed by atoms with van der Waals surface area (Å²) in [5, 5.41) is 3.41. The van der Waals surface area contributed by atoms with Crippen molar-refractivity contribution < 1.29 is 0 Å². The maximum Gasteiger partial charge on any atom is 0.00580 e. The van der Waals surface area contributed by atoms with Gasteiger partial charge in [0.2, 0.25) is 0 Å². The zero-order chi connectivity index (χ0) is 8.36. The molecule has 0 aliphatic rings. The quantitative estimate of drug-likeness (QED) is 0.593. The minimum absolute atomic E-state index is 1.17. The van der Waals surface area contributed by atoms with Gasteiger partial charge in [-0.3, -0.25) is 0 Å². The number of nitrogens with one attached hydrogen (secondary N) is 1. The summed E-state index contributed by atoms with van der Waals surface area (Å²) in [7, 11) is 0. The van der Waals surface area contributed by atoms with E-state index < -0.39 is 0 Å². The second-order valence-corrected chi connectivity index (χ2v) is 4.93. The van der Waals surface area contributed by atoms with Crippen LogP contribution in [0, 0.1) is 0 Å². The third-order valence-electron chi connectivity index (χ3n) is 1.25. The van der Waals surface area contributed by atoms with E-state index in [9.17, 15) is 0 Å². The molecule has 3 heteroatoms. The first-order valence-corrected chi connectivity index (χ1v) is 6.59. The lowest BCUT2D eigenvalue weighted by Gasteiger charge is -2.02. The first kappa shape index (κ1) is 11.7. The lowest BCUT2D eigenvalue weighted by atomic mass is 10.7. The van der Waals surface area contributed by atoms with Crippen molar-refractivity contribution in [2.75, 3.05) is 36.1 Å². The van der Waals surface area contributed by atoms with E-state index in [1.165, 1.54) is 36.1 Å². The number of hydrogen-bond acceptors (Lipinski definition) is 3. The Hall–Kier alpha value is 0.660. The van der Waals surface area contributed by atoms with E-state index in [1.807, 2.05) is 23.5 Å². The van der Waals surface area contributed by atoms with Crippen molar-refractivity contribution in [3.63, 3.8) is 0 Å². The van der Waals surface area contributed by atoms with E-state index in [0.717, 1.165) is 0 Å². The van der Waals surface area contributed by atoms with Crippen molar-refractivity contribution in [1.82, 2.24) is 5.32 Å². The molecule has 0 radical (unpaired) electrons. The first-order chi connectivity index (χ1) is 5.41. The molecule has 1 nitrogen and oxygen atoms in total. The number of thioether (sulfide) groups is 2. The minimum atomic E-state index is 1.17. The van der Waals surface area contributed by atoms with Crippen molar-refractivity contribution in [2.45, 2.75) is 13.8 Å². The summed E-state index contributed by atoms with van der Waals surface area (Å²) in [6.07, 6.45) is 0. The molecule has 0 aliphatic heterocycles. The largest absolute Gasteiger partial charge is 0.315 e. The lowest BCUT2D eigenvalue weighted by molar-refractivity contribution is 0.774. The molecular weight excluding hydrogens is 174 g/mol. The van der Waals surface area contributed by atoms with Crippen LogP contribution in [0.15, 0.2) is 0 Å².